The predicted molar refractivity (Wildman–Crippen MR) is 130 cm³/mol. The highest BCUT2D eigenvalue weighted by atomic mass is 35.5. The Morgan fingerprint density at radius 2 is 2.09 bits per heavy atom. The quantitative estimate of drug-likeness (QED) is 0.503. The van der Waals surface area contributed by atoms with Gasteiger partial charge in [-0.3, -0.25) is 19.9 Å². The highest BCUT2D eigenvalue weighted by molar-refractivity contribution is 7.99. The number of methoxy groups -OCH3 is 1. The summed E-state index contributed by atoms with van der Waals surface area (Å²) in [7, 11) is 1.26. The van der Waals surface area contributed by atoms with Crippen LogP contribution in [-0.4, -0.2) is 94.7 Å². The largest absolute Gasteiger partial charge is 0.452 e. The average molecular weight is 532 g/mol. The molecule has 3 amide bonds. The van der Waals surface area contributed by atoms with Crippen LogP contribution in [0.1, 0.15) is 12.8 Å². The third-order valence-electron chi connectivity index (χ3n) is 5.44. The smallest absolute Gasteiger partial charge is 0.421 e. The van der Waals surface area contributed by atoms with Crippen molar-refractivity contribution in [3.05, 3.63) is 23.4 Å². The fourth-order valence-corrected chi connectivity index (χ4v) is 4.89. The lowest BCUT2D eigenvalue weighted by atomic mass is 10.0. The zero-order valence-corrected chi connectivity index (χ0v) is 21.0. The molecule has 0 spiro atoms. The molecule has 0 radical (unpaired) electrons. The van der Waals surface area contributed by atoms with Gasteiger partial charge in [0.15, 0.2) is 0 Å². The van der Waals surface area contributed by atoms with Gasteiger partial charge in [-0.1, -0.05) is 11.6 Å². The van der Waals surface area contributed by atoms with Gasteiger partial charge in [-0.2, -0.15) is 5.26 Å². The molecule has 1 atom stereocenters. The zero-order chi connectivity index (χ0) is 23.8. The summed E-state index contributed by atoms with van der Waals surface area (Å²) >= 11 is 7.33. The van der Waals surface area contributed by atoms with Crippen molar-refractivity contribution in [3.63, 3.8) is 0 Å². The number of hydrogen-bond acceptors (Lipinski definition) is 9. The van der Waals surface area contributed by atoms with Gasteiger partial charge < -0.3 is 15.0 Å². The predicted octanol–water partition coefficient (Wildman–Crippen LogP) is 1.56. The van der Waals surface area contributed by atoms with Gasteiger partial charge in [-0.25, -0.2) is 14.8 Å². The van der Waals surface area contributed by atoms with Gasteiger partial charge in [-0.05, 0) is 25.0 Å². The number of likely N-dealkylation sites (tertiary alicyclic amines) is 1. The number of ether oxygens (including phenoxy) is 1. The molecule has 2 aliphatic heterocycles. The van der Waals surface area contributed by atoms with Crippen LogP contribution < -0.4 is 10.7 Å². The second-order valence-electron chi connectivity index (χ2n) is 7.66. The second kappa shape index (κ2) is 13.6. The molecule has 0 aliphatic carbocycles. The number of hydrogen-bond donors (Lipinski definition) is 2. The van der Waals surface area contributed by atoms with Crippen molar-refractivity contribution in [3.8, 4) is 6.07 Å². The van der Waals surface area contributed by atoms with E-state index < -0.39 is 12.1 Å². The monoisotopic (exact) mass is 531 g/mol. The zero-order valence-electron chi connectivity index (χ0n) is 18.6. The first-order chi connectivity index (χ1) is 15.9. The van der Waals surface area contributed by atoms with Crippen LogP contribution in [-0.2, 0) is 14.3 Å². The van der Waals surface area contributed by atoms with Crippen molar-refractivity contribution in [2.45, 2.75) is 24.9 Å². The fourth-order valence-electron chi connectivity index (χ4n) is 3.68. The lowest BCUT2D eigenvalue weighted by Crippen LogP contribution is -2.56. The van der Waals surface area contributed by atoms with Gasteiger partial charge in [0, 0.05) is 31.1 Å². The van der Waals surface area contributed by atoms with Crippen LogP contribution in [0.3, 0.4) is 0 Å². The topological polar surface area (TPSA) is 131 Å². The number of anilines is 1. The molecule has 11 nitrogen and oxygen atoms in total. The Kier molecular flexibility index (Phi) is 11.1. The number of nitriles is 1. The molecule has 1 aromatic rings. The van der Waals surface area contributed by atoms with Crippen molar-refractivity contribution >= 4 is 59.5 Å². The first kappa shape index (κ1) is 27.9. The maximum atomic E-state index is 12.8. The highest BCUT2D eigenvalue weighted by Crippen LogP contribution is 2.22. The van der Waals surface area contributed by atoms with E-state index in [9.17, 15) is 19.6 Å². The molecule has 3 rings (SSSR count). The number of nitrogens with zero attached hydrogens (tertiary/aromatic N) is 5. The van der Waals surface area contributed by atoms with E-state index in [0.29, 0.717) is 48.4 Å². The fraction of sp³-hybridized carbons (Fsp3) is 0.550. The molecule has 2 aliphatic rings. The molecule has 0 saturated carbocycles. The van der Waals surface area contributed by atoms with E-state index in [1.165, 1.54) is 30.0 Å². The van der Waals surface area contributed by atoms with E-state index in [-0.39, 0.29) is 43.4 Å². The molecular formula is C20H27Cl2N7O4S. The van der Waals surface area contributed by atoms with Crippen molar-refractivity contribution in [1.29, 1.82) is 5.26 Å². The van der Waals surface area contributed by atoms with Crippen LogP contribution in [0.25, 0.3) is 0 Å². The Morgan fingerprint density at radius 1 is 1.35 bits per heavy atom. The number of thioether (sulfide) groups is 1. The summed E-state index contributed by atoms with van der Waals surface area (Å²) in [5, 5.41) is 14.1. The van der Waals surface area contributed by atoms with Gasteiger partial charge >= 0.3 is 6.09 Å². The summed E-state index contributed by atoms with van der Waals surface area (Å²) in [5.41, 5.74) is 2.63. The van der Waals surface area contributed by atoms with Crippen molar-refractivity contribution < 1.29 is 19.1 Å². The number of carbonyl (C=O) groups is 3. The molecule has 1 aromatic heterocycles. The third-order valence-corrected chi connectivity index (χ3v) is 6.67. The number of aromatic nitrogens is 1. The number of halogens is 2. The minimum Gasteiger partial charge on any atom is -0.452 e. The van der Waals surface area contributed by atoms with Crippen LogP contribution in [0.5, 0.6) is 0 Å². The number of nitrogens with one attached hydrogen (secondary N) is 2. The normalized spacial score (nSPS) is 18.6. The Labute approximate surface area is 213 Å². The van der Waals surface area contributed by atoms with E-state index in [1.54, 1.807) is 17.1 Å². The van der Waals surface area contributed by atoms with Crippen LogP contribution in [0.2, 0.25) is 5.02 Å². The van der Waals surface area contributed by atoms with Gasteiger partial charge in [0.25, 0.3) is 0 Å². The van der Waals surface area contributed by atoms with E-state index in [2.05, 4.69) is 21.8 Å². The molecular weight excluding hydrogens is 505 g/mol. The molecule has 0 bridgehead atoms. The van der Waals surface area contributed by atoms with Crippen LogP contribution >= 0.6 is 35.8 Å². The van der Waals surface area contributed by atoms with E-state index in [1.807, 2.05) is 4.90 Å². The van der Waals surface area contributed by atoms with Crippen LogP contribution in [0, 0.1) is 11.3 Å². The molecule has 34 heavy (non-hydrogen) atoms. The lowest BCUT2D eigenvalue weighted by Gasteiger charge is -2.38. The van der Waals surface area contributed by atoms with Crippen LogP contribution in [0.4, 0.5) is 10.6 Å². The van der Waals surface area contributed by atoms with E-state index in [0.717, 1.165) is 0 Å². The van der Waals surface area contributed by atoms with E-state index >= 15 is 0 Å². The number of rotatable bonds is 7. The third kappa shape index (κ3) is 7.89. The Bertz CT molecular complexity index is 894. The summed E-state index contributed by atoms with van der Waals surface area (Å²) < 4.78 is 4.71. The summed E-state index contributed by atoms with van der Waals surface area (Å²) in [6.07, 6.45) is 2.08. The molecule has 2 N–H and O–H groups in total. The average Bonchev–Trinajstić information content (AvgIpc) is 3.29. The Balaban J connectivity index is 0.00000408. The summed E-state index contributed by atoms with van der Waals surface area (Å²) in [6.45, 7) is 1.37. The molecule has 14 heteroatoms. The van der Waals surface area contributed by atoms with Gasteiger partial charge in [0.2, 0.25) is 11.8 Å². The standard InChI is InChI=1S/C20H26ClN7O4S.ClH/c1-32-20(31)25-28(11-19(30)27-13-33-12-16(27)8-22)15-4-6-26(7-5-15)10-18(29)24-17-3-2-14(21)9-23-17;/h2-3,9,15-16H,4-7,10-13H2,1H3,(H,25,31)(H,23,24,29);1H. The molecule has 1 unspecified atom stereocenters. The summed E-state index contributed by atoms with van der Waals surface area (Å²) in [5.74, 6) is 1.07. The molecule has 3 heterocycles. The number of carbonyl (C=O) groups excluding carboxylic acids is 3. The van der Waals surface area contributed by atoms with Crippen molar-refractivity contribution in [2.75, 3.05) is 50.2 Å². The van der Waals surface area contributed by atoms with Gasteiger partial charge in [-0.15, -0.1) is 24.2 Å². The molecule has 186 valence electrons. The molecule has 2 fully saturated rings. The Morgan fingerprint density at radius 3 is 2.71 bits per heavy atom. The number of hydrazine groups is 1. The van der Waals surface area contributed by atoms with Crippen LogP contribution in [0.15, 0.2) is 18.3 Å². The van der Waals surface area contributed by atoms with Gasteiger partial charge in [0.05, 0.1) is 37.2 Å². The Hall–Kier alpha value is -2.30. The first-order valence-electron chi connectivity index (χ1n) is 10.4. The molecule has 2 saturated heterocycles. The van der Waals surface area contributed by atoms with Crippen molar-refractivity contribution in [2.24, 2.45) is 0 Å². The maximum absolute atomic E-state index is 12.8. The minimum absolute atomic E-state index is 0. The highest BCUT2D eigenvalue weighted by Gasteiger charge is 2.33. The summed E-state index contributed by atoms with van der Waals surface area (Å²) in [6, 6.07) is 4.86. The summed E-state index contributed by atoms with van der Waals surface area (Å²) in [4.78, 5) is 44.6. The minimum atomic E-state index is -0.660. The lowest BCUT2D eigenvalue weighted by molar-refractivity contribution is -0.133. The maximum Gasteiger partial charge on any atom is 0.421 e. The van der Waals surface area contributed by atoms with Crippen molar-refractivity contribution in [1.82, 2.24) is 25.2 Å². The number of amides is 3. The van der Waals surface area contributed by atoms with Gasteiger partial charge in [0.1, 0.15) is 11.9 Å². The number of piperidine rings is 1. The molecule has 0 aromatic carbocycles. The first-order valence-corrected chi connectivity index (χ1v) is 11.9. The second-order valence-corrected chi connectivity index (χ2v) is 9.09. The SMILES string of the molecule is COC(=O)NN(CC(=O)N1CSCC1C#N)C1CCN(CC(=O)Nc2ccc(Cl)cn2)CC1.Cl. The number of pyridine rings is 1. The van der Waals surface area contributed by atoms with E-state index in [4.69, 9.17) is 16.3 Å².